The van der Waals surface area contributed by atoms with Crippen molar-refractivity contribution >= 4 is 29.3 Å². The number of hydrogen-bond acceptors (Lipinski definition) is 8. The molecule has 0 fully saturated rings. The standard InChI is InChI=1S/C35H42N8O2/c1-6-22-37-33-30(16-11-8-12-23-38-34(45)26(2)43(5)31(44)17-13-24-42(3)4)32(28-14-9-7-10-15-28)40-35(41-33)39-29-20-18-27(25-36)19-21-29/h7,9-10,13-15,17-21,26H,6,8,12,22-24H2,1-5H3,(H,38,45)(H2,37,39,40,41)/t26-/m0/s1. The van der Waals surface area contributed by atoms with Crippen LogP contribution in [0, 0.1) is 23.2 Å². The number of nitrogens with zero attached hydrogens (tertiary/aromatic N) is 5. The van der Waals surface area contributed by atoms with E-state index in [0.717, 1.165) is 17.7 Å². The zero-order chi connectivity index (χ0) is 32.6. The lowest BCUT2D eigenvalue weighted by molar-refractivity contribution is -0.135. The highest BCUT2D eigenvalue weighted by Crippen LogP contribution is 2.28. The van der Waals surface area contributed by atoms with Gasteiger partial charge >= 0.3 is 0 Å². The number of nitriles is 1. The van der Waals surface area contributed by atoms with Gasteiger partial charge in [-0.2, -0.15) is 10.2 Å². The highest BCUT2D eigenvalue weighted by molar-refractivity contribution is 5.92. The molecule has 234 valence electrons. The average Bonchev–Trinajstić information content (AvgIpc) is 3.05. The van der Waals surface area contributed by atoms with E-state index in [1.807, 2.05) is 61.5 Å². The van der Waals surface area contributed by atoms with E-state index in [9.17, 15) is 9.59 Å². The Morgan fingerprint density at radius 2 is 1.76 bits per heavy atom. The van der Waals surface area contributed by atoms with Crippen LogP contribution in [0.15, 0.2) is 66.7 Å². The van der Waals surface area contributed by atoms with Crippen LogP contribution in [-0.2, 0) is 9.59 Å². The summed E-state index contributed by atoms with van der Waals surface area (Å²) >= 11 is 0. The molecule has 3 N–H and O–H groups in total. The minimum Gasteiger partial charge on any atom is -0.369 e. The monoisotopic (exact) mass is 606 g/mol. The van der Waals surface area contributed by atoms with Crippen molar-refractivity contribution in [1.82, 2.24) is 25.1 Å². The number of unbranched alkanes of at least 4 members (excludes halogenated alkanes) is 1. The van der Waals surface area contributed by atoms with E-state index < -0.39 is 6.04 Å². The molecule has 1 aromatic heterocycles. The van der Waals surface area contributed by atoms with Crippen LogP contribution in [0.1, 0.15) is 44.2 Å². The second-order valence-corrected chi connectivity index (χ2v) is 10.7. The number of likely N-dealkylation sites (N-methyl/N-ethyl adjacent to an activating group) is 2. The third-order valence-corrected chi connectivity index (χ3v) is 6.80. The van der Waals surface area contributed by atoms with Crippen molar-refractivity contribution in [1.29, 1.82) is 5.26 Å². The molecule has 3 rings (SSSR count). The smallest absolute Gasteiger partial charge is 0.246 e. The first-order valence-corrected chi connectivity index (χ1v) is 15.1. The number of amides is 2. The van der Waals surface area contributed by atoms with Gasteiger partial charge in [0.1, 0.15) is 11.9 Å². The van der Waals surface area contributed by atoms with E-state index in [4.69, 9.17) is 15.2 Å². The van der Waals surface area contributed by atoms with Crippen molar-refractivity contribution < 1.29 is 9.59 Å². The van der Waals surface area contributed by atoms with Gasteiger partial charge in [-0.1, -0.05) is 55.2 Å². The zero-order valence-corrected chi connectivity index (χ0v) is 26.7. The molecule has 0 aliphatic rings. The molecule has 1 atom stereocenters. The third kappa shape index (κ3) is 10.8. The van der Waals surface area contributed by atoms with E-state index in [2.05, 4.69) is 40.8 Å². The largest absolute Gasteiger partial charge is 0.369 e. The van der Waals surface area contributed by atoms with Crippen LogP contribution in [0.4, 0.5) is 17.5 Å². The molecular formula is C35H42N8O2. The maximum atomic E-state index is 12.6. The quantitative estimate of drug-likeness (QED) is 0.136. The summed E-state index contributed by atoms with van der Waals surface area (Å²) in [5, 5.41) is 18.7. The molecule has 3 aromatic rings. The molecule has 0 bridgehead atoms. The van der Waals surface area contributed by atoms with Crippen LogP contribution in [0.2, 0.25) is 0 Å². The topological polar surface area (TPSA) is 126 Å². The molecule has 0 spiro atoms. The zero-order valence-electron chi connectivity index (χ0n) is 26.7. The maximum absolute atomic E-state index is 12.6. The number of carbonyl (C=O) groups is 2. The van der Waals surface area contributed by atoms with Crippen LogP contribution in [0.25, 0.3) is 11.3 Å². The molecule has 1 heterocycles. The van der Waals surface area contributed by atoms with Gasteiger partial charge in [0.05, 0.1) is 22.9 Å². The Balaban J connectivity index is 1.72. The first kappa shape index (κ1) is 34.3. The fourth-order valence-corrected chi connectivity index (χ4v) is 4.10. The predicted molar refractivity (Wildman–Crippen MR) is 180 cm³/mol. The van der Waals surface area contributed by atoms with Crippen molar-refractivity contribution in [2.45, 2.75) is 39.2 Å². The molecule has 10 nitrogen and oxygen atoms in total. The summed E-state index contributed by atoms with van der Waals surface area (Å²) in [5.41, 5.74) is 3.63. The van der Waals surface area contributed by atoms with Crippen molar-refractivity contribution in [3.8, 4) is 29.2 Å². The van der Waals surface area contributed by atoms with Gasteiger partial charge in [-0.15, -0.1) is 0 Å². The van der Waals surface area contributed by atoms with Crippen LogP contribution < -0.4 is 16.0 Å². The summed E-state index contributed by atoms with van der Waals surface area (Å²) in [6.07, 6.45) is 5.36. The molecule has 0 saturated carbocycles. The fraction of sp³-hybridized carbons (Fsp3) is 0.343. The van der Waals surface area contributed by atoms with Crippen molar-refractivity contribution in [2.24, 2.45) is 0 Å². The molecule has 0 unspecified atom stereocenters. The van der Waals surface area contributed by atoms with Gasteiger partial charge in [0.15, 0.2) is 0 Å². The Labute approximate surface area is 266 Å². The van der Waals surface area contributed by atoms with Crippen LogP contribution >= 0.6 is 0 Å². The van der Waals surface area contributed by atoms with Gasteiger partial charge in [-0.3, -0.25) is 9.59 Å². The molecule has 0 aliphatic carbocycles. The SMILES string of the molecule is CCCNc1nc(Nc2ccc(C#N)cc2)nc(-c2ccccc2)c1C#CCCCNC(=O)[C@H](C)N(C)C(=O)C=CCN(C)C. The maximum Gasteiger partial charge on any atom is 0.246 e. The second-order valence-electron chi connectivity index (χ2n) is 10.7. The summed E-state index contributed by atoms with van der Waals surface area (Å²) in [6, 6.07) is 18.5. The van der Waals surface area contributed by atoms with Gasteiger partial charge in [0, 0.05) is 50.4 Å². The first-order chi connectivity index (χ1) is 21.7. The van der Waals surface area contributed by atoms with E-state index in [1.165, 1.54) is 11.0 Å². The summed E-state index contributed by atoms with van der Waals surface area (Å²) in [6.45, 7) is 5.59. The third-order valence-electron chi connectivity index (χ3n) is 6.80. The predicted octanol–water partition coefficient (Wildman–Crippen LogP) is 4.79. The normalized spacial score (nSPS) is 11.3. The lowest BCUT2D eigenvalue weighted by Gasteiger charge is -2.23. The first-order valence-electron chi connectivity index (χ1n) is 15.1. The van der Waals surface area contributed by atoms with Crippen LogP contribution in [-0.4, -0.2) is 78.4 Å². The number of carbonyl (C=O) groups excluding carboxylic acids is 2. The van der Waals surface area contributed by atoms with E-state index in [1.54, 1.807) is 32.2 Å². The second kappa shape index (κ2) is 17.8. The molecular weight excluding hydrogens is 564 g/mol. The van der Waals surface area contributed by atoms with Gasteiger partial charge in [-0.05, 0) is 58.1 Å². The molecule has 10 heteroatoms. The van der Waals surface area contributed by atoms with Crippen LogP contribution in [0.3, 0.4) is 0 Å². The summed E-state index contributed by atoms with van der Waals surface area (Å²) < 4.78 is 0. The van der Waals surface area contributed by atoms with Crippen molar-refractivity contribution in [3.63, 3.8) is 0 Å². The highest BCUT2D eigenvalue weighted by atomic mass is 16.2. The number of hydrogen-bond donors (Lipinski definition) is 3. The molecule has 0 saturated heterocycles. The number of rotatable bonds is 14. The van der Waals surface area contributed by atoms with Gasteiger partial charge in [-0.25, -0.2) is 4.98 Å². The summed E-state index contributed by atoms with van der Waals surface area (Å²) in [7, 11) is 5.47. The Morgan fingerprint density at radius 1 is 1.02 bits per heavy atom. The summed E-state index contributed by atoms with van der Waals surface area (Å²) in [5.74, 6) is 7.14. The summed E-state index contributed by atoms with van der Waals surface area (Å²) in [4.78, 5) is 38.0. The number of benzene rings is 2. The number of nitrogens with one attached hydrogen (secondary N) is 3. The molecule has 45 heavy (non-hydrogen) atoms. The lowest BCUT2D eigenvalue weighted by atomic mass is 10.1. The van der Waals surface area contributed by atoms with E-state index in [-0.39, 0.29) is 11.8 Å². The van der Waals surface area contributed by atoms with Gasteiger partial charge < -0.3 is 25.8 Å². The minimum absolute atomic E-state index is 0.212. The number of aromatic nitrogens is 2. The lowest BCUT2D eigenvalue weighted by Crippen LogP contribution is -2.45. The average molecular weight is 607 g/mol. The van der Waals surface area contributed by atoms with E-state index in [0.29, 0.717) is 61.1 Å². The molecule has 0 radical (unpaired) electrons. The highest BCUT2D eigenvalue weighted by Gasteiger charge is 2.20. The van der Waals surface area contributed by atoms with Crippen molar-refractivity contribution in [3.05, 3.63) is 77.9 Å². The van der Waals surface area contributed by atoms with Crippen molar-refractivity contribution in [2.75, 3.05) is 51.4 Å². The fourth-order valence-electron chi connectivity index (χ4n) is 4.10. The Bertz CT molecular complexity index is 1550. The Hall–Kier alpha value is -5.19. The molecule has 2 amide bonds. The molecule has 2 aromatic carbocycles. The van der Waals surface area contributed by atoms with Crippen LogP contribution in [0.5, 0.6) is 0 Å². The van der Waals surface area contributed by atoms with Gasteiger partial charge in [0.25, 0.3) is 0 Å². The van der Waals surface area contributed by atoms with E-state index >= 15 is 0 Å². The Kier molecular flexibility index (Phi) is 13.6. The Morgan fingerprint density at radius 3 is 2.42 bits per heavy atom. The molecule has 0 aliphatic heterocycles. The van der Waals surface area contributed by atoms with Gasteiger partial charge in [0.2, 0.25) is 17.8 Å². The number of anilines is 3. The minimum atomic E-state index is -0.596.